The summed E-state index contributed by atoms with van der Waals surface area (Å²) in [6, 6.07) is 20.3. The Morgan fingerprint density at radius 1 is 0.833 bits per heavy atom. The second-order valence-corrected chi connectivity index (χ2v) is 8.31. The number of rotatable bonds is 6. The third kappa shape index (κ3) is 5.93. The average Bonchev–Trinajstić information content (AvgIpc) is 2.75. The van der Waals surface area contributed by atoms with Crippen molar-refractivity contribution in [2.24, 2.45) is 0 Å². The zero-order chi connectivity index (χ0) is 21.5. The number of ether oxygens (including phenoxy) is 1. The SMILES string of the molecule is Cc1ccc(C(=O)NNC(=O)c2ccc(OCCc3ccccc3)c(Br)c2)cc1Br. The molecule has 0 saturated carbocycles. The van der Waals surface area contributed by atoms with E-state index in [4.69, 9.17) is 4.74 Å². The fourth-order valence-electron chi connectivity index (χ4n) is 2.67. The number of hydrogen-bond donors (Lipinski definition) is 2. The van der Waals surface area contributed by atoms with Crippen molar-refractivity contribution in [1.82, 2.24) is 10.9 Å². The Morgan fingerprint density at radius 3 is 2.03 bits per heavy atom. The van der Waals surface area contributed by atoms with Crippen LogP contribution in [0.5, 0.6) is 5.75 Å². The third-order valence-corrected chi connectivity index (χ3v) is 5.88. The molecule has 0 spiro atoms. The first-order valence-electron chi connectivity index (χ1n) is 9.27. The molecule has 0 aliphatic rings. The summed E-state index contributed by atoms with van der Waals surface area (Å²) in [6.07, 6.45) is 0.788. The summed E-state index contributed by atoms with van der Waals surface area (Å²) < 4.78 is 7.29. The van der Waals surface area contributed by atoms with E-state index in [0.717, 1.165) is 16.5 Å². The summed E-state index contributed by atoms with van der Waals surface area (Å²) in [7, 11) is 0. The van der Waals surface area contributed by atoms with Gasteiger partial charge in [-0.1, -0.05) is 52.3 Å². The first-order chi connectivity index (χ1) is 14.4. The molecule has 0 saturated heterocycles. The van der Waals surface area contributed by atoms with Gasteiger partial charge in [-0.3, -0.25) is 20.4 Å². The minimum absolute atomic E-state index is 0.391. The molecule has 7 heteroatoms. The molecule has 0 aromatic heterocycles. The van der Waals surface area contributed by atoms with Crippen LogP contribution in [0.25, 0.3) is 0 Å². The first kappa shape index (κ1) is 22.1. The Kier molecular flexibility index (Phi) is 7.65. The highest BCUT2D eigenvalue weighted by atomic mass is 79.9. The van der Waals surface area contributed by atoms with Crippen LogP contribution < -0.4 is 15.6 Å². The molecule has 2 amide bonds. The largest absolute Gasteiger partial charge is 0.492 e. The van der Waals surface area contributed by atoms with Crippen LogP contribution in [-0.4, -0.2) is 18.4 Å². The molecule has 3 aromatic rings. The lowest BCUT2D eigenvalue weighted by Crippen LogP contribution is -2.41. The van der Waals surface area contributed by atoms with Gasteiger partial charge in [-0.15, -0.1) is 0 Å². The van der Waals surface area contributed by atoms with Crippen LogP contribution >= 0.6 is 31.9 Å². The van der Waals surface area contributed by atoms with Crippen molar-refractivity contribution in [2.45, 2.75) is 13.3 Å². The van der Waals surface area contributed by atoms with Gasteiger partial charge in [-0.05, 0) is 64.3 Å². The van der Waals surface area contributed by atoms with Crippen LogP contribution in [0.3, 0.4) is 0 Å². The van der Waals surface area contributed by atoms with E-state index in [9.17, 15) is 9.59 Å². The Labute approximate surface area is 192 Å². The third-order valence-electron chi connectivity index (χ3n) is 4.41. The van der Waals surface area contributed by atoms with Gasteiger partial charge in [0.15, 0.2) is 0 Å². The highest BCUT2D eigenvalue weighted by molar-refractivity contribution is 9.10. The maximum Gasteiger partial charge on any atom is 0.269 e. The molecule has 0 fully saturated rings. The van der Waals surface area contributed by atoms with Crippen molar-refractivity contribution in [3.05, 3.63) is 97.9 Å². The summed E-state index contributed by atoms with van der Waals surface area (Å²) in [5.41, 5.74) is 7.90. The van der Waals surface area contributed by atoms with Crippen LogP contribution in [0.4, 0.5) is 0 Å². The monoisotopic (exact) mass is 530 g/mol. The molecule has 2 N–H and O–H groups in total. The lowest BCUT2D eigenvalue weighted by atomic mass is 10.1. The number of hydrazine groups is 1. The van der Waals surface area contributed by atoms with Crippen LogP contribution in [0.15, 0.2) is 75.7 Å². The summed E-state index contributed by atoms with van der Waals surface area (Å²) in [6.45, 7) is 2.46. The molecule has 0 unspecified atom stereocenters. The Balaban J connectivity index is 1.54. The normalized spacial score (nSPS) is 10.4. The van der Waals surface area contributed by atoms with Gasteiger partial charge in [0.1, 0.15) is 5.75 Å². The fourth-order valence-corrected chi connectivity index (χ4v) is 3.55. The average molecular weight is 532 g/mol. The zero-order valence-electron chi connectivity index (χ0n) is 16.2. The summed E-state index contributed by atoms with van der Waals surface area (Å²) in [4.78, 5) is 24.6. The van der Waals surface area contributed by atoms with Crippen molar-refractivity contribution < 1.29 is 14.3 Å². The Hall–Kier alpha value is -2.64. The van der Waals surface area contributed by atoms with Crippen LogP contribution in [0.1, 0.15) is 31.8 Å². The van der Waals surface area contributed by atoms with Crippen LogP contribution in [0, 0.1) is 6.92 Å². The predicted molar refractivity (Wildman–Crippen MR) is 124 cm³/mol. The minimum atomic E-state index is -0.425. The summed E-state index contributed by atoms with van der Waals surface area (Å²) in [5, 5.41) is 0. The molecule has 0 atom stereocenters. The predicted octanol–water partition coefficient (Wildman–Crippen LogP) is 5.22. The van der Waals surface area contributed by atoms with Crippen LogP contribution in [-0.2, 0) is 6.42 Å². The number of nitrogens with one attached hydrogen (secondary N) is 2. The van der Waals surface area contributed by atoms with Crippen molar-refractivity contribution in [2.75, 3.05) is 6.61 Å². The van der Waals surface area contributed by atoms with Gasteiger partial charge in [0.05, 0.1) is 11.1 Å². The number of benzene rings is 3. The fraction of sp³-hybridized carbons (Fsp3) is 0.130. The van der Waals surface area contributed by atoms with E-state index in [-0.39, 0.29) is 0 Å². The first-order valence-corrected chi connectivity index (χ1v) is 10.9. The zero-order valence-corrected chi connectivity index (χ0v) is 19.4. The van der Waals surface area contributed by atoms with E-state index in [2.05, 4.69) is 54.8 Å². The highest BCUT2D eigenvalue weighted by Gasteiger charge is 2.12. The molecule has 3 rings (SSSR count). The quantitative estimate of drug-likeness (QED) is 0.429. The molecular weight excluding hydrogens is 512 g/mol. The lowest BCUT2D eigenvalue weighted by molar-refractivity contribution is 0.0846. The standard InChI is InChI=1S/C23H20Br2N2O3/c1-15-7-8-17(13-19(15)24)22(28)26-27-23(29)18-9-10-21(20(25)14-18)30-12-11-16-5-3-2-4-6-16/h2-10,13-14H,11-12H2,1H3,(H,26,28)(H,27,29). The van der Waals surface area contributed by atoms with E-state index in [1.165, 1.54) is 5.56 Å². The number of carbonyl (C=O) groups excluding carboxylic acids is 2. The number of amides is 2. The van der Waals surface area contributed by atoms with Gasteiger partial charge in [0.2, 0.25) is 0 Å². The molecule has 3 aromatic carbocycles. The van der Waals surface area contributed by atoms with Crippen molar-refractivity contribution >= 4 is 43.7 Å². The number of halogens is 2. The molecule has 0 aliphatic carbocycles. The van der Waals surface area contributed by atoms with E-state index in [1.54, 1.807) is 30.3 Å². The summed E-state index contributed by atoms with van der Waals surface area (Å²) >= 11 is 6.83. The minimum Gasteiger partial charge on any atom is -0.492 e. The van der Waals surface area contributed by atoms with E-state index < -0.39 is 11.8 Å². The van der Waals surface area contributed by atoms with Crippen molar-refractivity contribution in [3.8, 4) is 5.75 Å². The Morgan fingerprint density at radius 2 is 1.43 bits per heavy atom. The smallest absolute Gasteiger partial charge is 0.269 e. The molecule has 5 nitrogen and oxygen atoms in total. The molecule has 154 valence electrons. The maximum atomic E-state index is 12.4. The second-order valence-electron chi connectivity index (χ2n) is 6.60. The number of hydrogen-bond acceptors (Lipinski definition) is 3. The Bertz CT molecular complexity index is 1060. The lowest BCUT2D eigenvalue weighted by Gasteiger charge is -2.11. The van der Waals surface area contributed by atoms with Crippen LogP contribution in [0.2, 0.25) is 0 Å². The van der Waals surface area contributed by atoms with Crippen molar-refractivity contribution in [3.63, 3.8) is 0 Å². The highest BCUT2D eigenvalue weighted by Crippen LogP contribution is 2.26. The van der Waals surface area contributed by atoms with Gasteiger partial charge < -0.3 is 4.74 Å². The maximum absolute atomic E-state index is 12.4. The van der Waals surface area contributed by atoms with E-state index in [1.807, 2.05) is 31.2 Å². The topological polar surface area (TPSA) is 67.4 Å². The second kappa shape index (κ2) is 10.4. The van der Waals surface area contributed by atoms with Crippen molar-refractivity contribution in [1.29, 1.82) is 0 Å². The molecule has 30 heavy (non-hydrogen) atoms. The van der Waals surface area contributed by atoms with E-state index >= 15 is 0 Å². The number of carbonyl (C=O) groups is 2. The molecule has 0 heterocycles. The van der Waals surface area contributed by atoms with Gasteiger partial charge in [-0.25, -0.2) is 0 Å². The molecule has 0 bridgehead atoms. The van der Waals surface area contributed by atoms with Gasteiger partial charge in [-0.2, -0.15) is 0 Å². The van der Waals surface area contributed by atoms with Gasteiger partial charge >= 0.3 is 0 Å². The van der Waals surface area contributed by atoms with Gasteiger partial charge in [0, 0.05) is 22.0 Å². The van der Waals surface area contributed by atoms with E-state index in [0.29, 0.717) is 28.0 Å². The number of aryl methyl sites for hydroxylation is 1. The molecule has 0 aliphatic heterocycles. The molecule has 0 radical (unpaired) electrons. The summed E-state index contributed by atoms with van der Waals surface area (Å²) in [5.74, 6) is -0.175. The van der Waals surface area contributed by atoms with Gasteiger partial charge in [0.25, 0.3) is 11.8 Å². The molecular formula is C23H20Br2N2O3.